The SMILES string of the molecule is Cc1onc2c(=O)n(Cc3ncccn3)nc(C(=O)O)c12. The van der Waals surface area contributed by atoms with Gasteiger partial charge in [0.15, 0.2) is 11.2 Å². The van der Waals surface area contributed by atoms with Crippen LogP contribution in [0.5, 0.6) is 0 Å². The number of rotatable bonds is 3. The predicted octanol–water partition coefficient (Wildman–Crippen LogP) is 0.229. The van der Waals surface area contributed by atoms with Crippen molar-refractivity contribution in [2.75, 3.05) is 0 Å². The Kier molecular flexibility index (Phi) is 2.94. The molecule has 0 aliphatic carbocycles. The number of aryl methyl sites for hydroxylation is 1. The van der Waals surface area contributed by atoms with E-state index in [2.05, 4.69) is 20.2 Å². The quantitative estimate of drug-likeness (QED) is 0.725. The Labute approximate surface area is 116 Å². The van der Waals surface area contributed by atoms with E-state index >= 15 is 0 Å². The molecule has 1 N–H and O–H groups in total. The molecule has 0 spiro atoms. The van der Waals surface area contributed by atoms with Crippen LogP contribution in [-0.4, -0.2) is 36.0 Å². The number of carboxylic acids is 1. The minimum atomic E-state index is -1.27. The van der Waals surface area contributed by atoms with Crippen LogP contribution in [0, 0.1) is 6.92 Å². The summed E-state index contributed by atoms with van der Waals surface area (Å²) in [4.78, 5) is 31.5. The number of fused-ring (bicyclic) bond motifs is 1. The van der Waals surface area contributed by atoms with E-state index in [0.29, 0.717) is 5.82 Å². The highest BCUT2D eigenvalue weighted by atomic mass is 16.5. The second-order valence-electron chi connectivity index (χ2n) is 4.24. The number of aromatic carboxylic acids is 1. The minimum absolute atomic E-state index is 0.0538. The summed E-state index contributed by atoms with van der Waals surface area (Å²) in [5.41, 5.74) is -0.922. The zero-order valence-corrected chi connectivity index (χ0v) is 10.8. The van der Waals surface area contributed by atoms with E-state index in [1.807, 2.05) is 0 Å². The molecule has 0 saturated heterocycles. The molecule has 0 bridgehead atoms. The number of hydrogen-bond donors (Lipinski definition) is 1. The highest BCUT2D eigenvalue weighted by Gasteiger charge is 2.22. The van der Waals surface area contributed by atoms with Crippen molar-refractivity contribution in [3.63, 3.8) is 0 Å². The van der Waals surface area contributed by atoms with Crippen LogP contribution in [0.2, 0.25) is 0 Å². The van der Waals surface area contributed by atoms with Gasteiger partial charge in [-0.25, -0.2) is 19.4 Å². The largest absolute Gasteiger partial charge is 0.476 e. The van der Waals surface area contributed by atoms with E-state index in [-0.39, 0.29) is 28.9 Å². The summed E-state index contributed by atoms with van der Waals surface area (Å²) in [7, 11) is 0. The highest BCUT2D eigenvalue weighted by Crippen LogP contribution is 2.17. The third-order valence-electron chi connectivity index (χ3n) is 2.87. The molecule has 3 aromatic heterocycles. The van der Waals surface area contributed by atoms with Crippen LogP contribution in [0.1, 0.15) is 22.1 Å². The van der Waals surface area contributed by atoms with Crippen molar-refractivity contribution in [3.8, 4) is 0 Å². The molecule has 3 heterocycles. The summed E-state index contributed by atoms with van der Waals surface area (Å²) >= 11 is 0. The fourth-order valence-electron chi connectivity index (χ4n) is 1.94. The van der Waals surface area contributed by atoms with Gasteiger partial charge in [0.2, 0.25) is 0 Å². The Bertz CT molecular complexity index is 884. The Morgan fingerprint density at radius 1 is 1.38 bits per heavy atom. The standard InChI is InChI=1S/C12H9N5O4/c1-6-8-9(16-21-6)11(18)17(15-10(8)12(19)20)5-7-13-3-2-4-14-7/h2-4H,5H2,1H3,(H,19,20). The van der Waals surface area contributed by atoms with E-state index in [9.17, 15) is 14.7 Å². The maximum absolute atomic E-state index is 12.3. The lowest BCUT2D eigenvalue weighted by molar-refractivity contribution is 0.0690. The zero-order valence-electron chi connectivity index (χ0n) is 10.8. The smallest absolute Gasteiger partial charge is 0.357 e. The third-order valence-corrected chi connectivity index (χ3v) is 2.87. The van der Waals surface area contributed by atoms with Crippen molar-refractivity contribution in [1.29, 1.82) is 0 Å². The van der Waals surface area contributed by atoms with Gasteiger partial charge in [-0.2, -0.15) is 5.10 Å². The molecule has 9 nitrogen and oxygen atoms in total. The molecule has 106 valence electrons. The predicted molar refractivity (Wildman–Crippen MR) is 68.9 cm³/mol. The van der Waals surface area contributed by atoms with Crippen molar-refractivity contribution in [1.82, 2.24) is 24.9 Å². The molecule has 0 fully saturated rings. The second-order valence-corrected chi connectivity index (χ2v) is 4.24. The van der Waals surface area contributed by atoms with Gasteiger partial charge < -0.3 is 9.63 Å². The molecule has 3 aromatic rings. The monoisotopic (exact) mass is 287 g/mol. The lowest BCUT2D eigenvalue weighted by atomic mass is 10.2. The van der Waals surface area contributed by atoms with Crippen molar-refractivity contribution in [2.24, 2.45) is 0 Å². The highest BCUT2D eigenvalue weighted by molar-refractivity contribution is 6.00. The minimum Gasteiger partial charge on any atom is -0.476 e. The molecule has 3 rings (SSSR count). The Balaban J connectivity index is 2.22. The van der Waals surface area contributed by atoms with Crippen molar-refractivity contribution in [3.05, 3.63) is 46.1 Å². The Morgan fingerprint density at radius 2 is 2.10 bits per heavy atom. The van der Waals surface area contributed by atoms with Gasteiger partial charge in [-0.3, -0.25) is 4.79 Å². The summed E-state index contributed by atoms with van der Waals surface area (Å²) in [6.45, 7) is 1.47. The Morgan fingerprint density at radius 3 is 2.76 bits per heavy atom. The van der Waals surface area contributed by atoms with Gasteiger partial charge in [-0.05, 0) is 13.0 Å². The van der Waals surface area contributed by atoms with Crippen LogP contribution < -0.4 is 5.56 Å². The first-order chi connectivity index (χ1) is 10.1. The Hall–Kier alpha value is -3.10. The lowest BCUT2D eigenvalue weighted by Gasteiger charge is -2.05. The van der Waals surface area contributed by atoms with E-state index in [1.54, 1.807) is 6.07 Å². The molecule has 9 heteroatoms. The molecule has 0 aliphatic rings. The lowest BCUT2D eigenvalue weighted by Crippen LogP contribution is -2.27. The zero-order chi connectivity index (χ0) is 15.0. The fraction of sp³-hybridized carbons (Fsp3) is 0.167. The number of nitrogens with zero attached hydrogens (tertiary/aromatic N) is 5. The normalized spacial score (nSPS) is 10.9. The molecule has 0 radical (unpaired) electrons. The van der Waals surface area contributed by atoms with Gasteiger partial charge in [-0.15, -0.1) is 0 Å². The van der Waals surface area contributed by atoms with Gasteiger partial charge in [0.1, 0.15) is 18.1 Å². The summed E-state index contributed by atoms with van der Waals surface area (Å²) in [5, 5.41) is 16.8. The fourth-order valence-corrected chi connectivity index (χ4v) is 1.94. The summed E-state index contributed by atoms with van der Waals surface area (Å²) in [6.07, 6.45) is 3.04. The maximum atomic E-state index is 12.3. The first kappa shape index (κ1) is 12.9. The van der Waals surface area contributed by atoms with Crippen LogP contribution in [0.25, 0.3) is 10.9 Å². The number of carbonyl (C=O) groups is 1. The van der Waals surface area contributed by atoms with E-state index in [1.165, 1.54) is 19.3 Å². The summed E-state index contributed by atoms with van der Waals surface area (Å²) < 4.78 is 5.86. The second kappa shape index (κ2) is 4.78. The molecule has 0 amide bonds. The summed E-state index contributed by atoms with van der Waals surface area (Å²) in [6, 6.07) is 1.63. The van der Waals surface area contributed by atoms with Crippen LogP contribution >= 0.6 is 0 Å². The van der Waals surface area contributed by atoms with Gasteiger partial charge in [-0.1, -0.05) is 5.16 Å². The van der Waals surface area contributed by atoms with Crippen molar-refractivity contribution < 1.29 is 14.4 Å². The van der Waals surface area contributed by atoms with Crippen molar-refractivity contribution in [2.45, 2.75) is 13.5 Å². The third kappa shape index (κ3) is 2.14. The van der Waals surface area contributed by atoms with Gasteiger partial charge in [0, 0.05) is 12.4 Å². The molecule has 0 atom stereocenters. The van der Waals surface area contributed by atoms with Crippen LogP contribution in [0.3, 0.4) is 0 Å². The topological polar surface area (TPSA) is 124 Å². The van der Waals surface area contributed by atoms with Gasteiger partial charge in [0.25, 0.3) is 5.56 Å². The molecule has 0 aromatic carbocycles. The molecule has 0 saturated carbocycles. The van der Waals surface area contributed by atoms with Gasteiger partial charge >= 0.3 is 5.97 Å². The first-order valence-electron chi connectivity index (χ1n) is 5.94. The number of hydrogen-bond acceptors (Lipinski definition) is 7. The van der Waals surface area contributed by atoms with E-state index in [4.69, 9.17) is 4.52 Å². The van der Waals surface area contributed by atoms with Crippen LogP contribution in [-0.2, 0) is 6.54 Å². The average Bonchev–Trinajstić information content (AvgIpc) is 2.85. The average molecular weight is 287 g/mol. The first-order valence-corrected chi connectivity index (χ1v) is 5.94. The molecular formula is C12H9N5O4. The molecular weight excluding hydrogens is 278 g/mol. The molecule has 0 aliphatic heterocycles. The van der Waals surface area contributed by atoms with Gasteiger partial charge in [0.05, 0.1) is 5.39 Å². The van der Waals surface area contributed by atoms with E-state index < -0.39 is 11.5 Å². The van der Waals surface area contributed by atoms with Crippen molar-refractivity contribution >= 4 is 16.9 Å². The van der Waals surface area contributed by atoms with E-state index in [0.717, 1.165) is 4.68 Å². The number of carboxylic acid groups (broad SMARTS) is 1. The van der Waals surface area contributed by atoms with Crippen LogP contribution in [0.15, 0.2) is 27.8 Å². The summed E-state index contributed by atoms with van der Waals surface area (Å²) in [5.74, 6) is -0.702. The number of aromatic nitrogens is 5. The van der Waals surface area contributed by atoms with Crippen LogP contribution in [0.4, 0.5) is 0 Å². The maximum Gasteiger partial charge on any atom is 0.357 e. The molecule has 0 unspecified atom stereocenters. The molecule has 21 heavy (non-hydrogen) atoms.